The molecule has 5 N–H and O–H groups in total. The highest BCUT2D eigenvalue weighted by molar-refractivity contribution is 5.78. The van der Waals surface area contributed by atoms with Gasteiger partial charge in [0.2, 0.25) is 5.91 Å². The van der Waals surface area contributed by atoms with Gasteiger partial charge in [-0.15, -0.1) is 0 Å². The Hall–Kier alpha value is -1.42. The predicted octanol–water partition coefficient (Wildman–Crippen LogP) is -2.79. The Balaban J connectivity index is 2.64. The fraction of sp³-hybridized carbons (Fsp3) is 0.875. The molecule has 0 bridgehead atoms. The Labute approximate surface area is 101 Å². The number of carbonyl (C=O) groups is 1. The number of ether oxygens (including phenoxy) is 1. The molecule has 1 aliphatic rings. The molecular weight excluding hydrogens is 248 g/mol. The lowest BCUT2D eigenvalue weighted by Gasteiger charge is -2.40. The molecule has 10 nitrogen and oxygen atoms in total. The number of nitrogens with zero attached hydrogens (tertiary/aromatic N) is 3. The molecular formula is C8H14N4O6. The molecule has 0 aliphatic carbocycles. The minimum Gasteiger partial charge on any atom is -0.394 e. The second-order valence-electron chi connectivity index (χ2n) is 3.71. The van der Waals surface area contributed by atoms with Crippen LogP contribution in [-0.2, 0) is 9.53 Å². The van der Waals surface area contributed by atoms with Gasteiger partial charge in [0.15, 0.2) is 6.29 Å². The minimum absolute atomic E-state index is 0.508. The fourth-order valence-electron chi connectivity index (χ4n) is 1.58. The molecule has 18 heavy (non-hydrogen) atoms. The van der Waals surface area contributed by atoms with Gasteiger partial charge in [0.25, 0.3) is 0 Å². The molecule has 1 heterocycles. The number of rotatable bonds is 4. The van der Waals surface area contributed by atoms with Crippen LogP contribution in [0.5, 0.6) is 0 Å². The normalized spacial score (nSPS) is 35.7. The molecule has 102 valence electrons. The molecule has 10 heteroatoms. The van der Waals surface area contributed by atoms with Crippen LogP contribution in [-0.4, -0.2) is 70.1 Å². The highest BCUT2D eigenvalue weighted by Gasteiger charge is 2.44. The largest absolute Gasteiger partial charge is 0.394 e. The zero-order valence-corrected chi connectivity index (χ0v) is 9.25. The molecule has 0 radical (unpaired) electrons. The van der Waals surface area contributed by atoms with E-state index in [1.807, 2.05) is 0 Å². The van der Waals surface area contributed by atoms with E-state index in [1.165, 1.54) is 0 Å². The molecule has 0 aromatic rings. The first kappa shape index (κ1) is 14.6. The summed E-state index contributed by atoms with van der Waals surface area (Å²) in [7, 11) is 0. The van der Waals surface area contributed by atoms with Gasteiger partial charge in [0.05, 0.1) is 6.61 Å². The standard InChI is InChI=1S/C8H14N4O6/c9-12-10-1-4(14)11-5-7(16)6(15)3(2-13)18-8(5)17/h3,5-8,13,15-17H,1-2H2,(H,11,14)/t3?,5?,6-,7+,8?/m0/s1. The maximum atomic E-state index is 11.2. The first-order chi connectivity index (χ1) is 8.51. The molecule has 1 amide bonds. The van der Waals surface area contributed by atoms with Gasteiger partial charge in [-0.05, 0) is 5.53 Å². The van der Waals surface area contributed by atoms with Crippen molar-refractivity contribution in [2.24, 2.45) is 5.11 Å². The number of hydrogen-bond donors (Lipinski definition) is 5. The second kappa shape index (κ2) is 6.50. The lowest BCUT2D eigenvalue weighted by molar-refractivity contribution is -0.253. The van der Waals surface area contributed by atoms with Crippen LogP contribution in [0.25, 0.3) is 10.4 Å². The SMILES string of the molecule is [N-]=[N+]=NCC(=O)NC1C(O)OC(CO)[C@H](O)[C@@H]1O. The van der Waals surface area contributed by atoms with Crippen LogP contribution in [0, 0.1) is 0 Å². The summed E-state index contributed by atoms with van der Waals surface area (Å²) in [5, 5.41) is 42.7. The Morgan fingerprint density at radius 1 is 1.39 bits per heavy atom. The average molecular weight is 262 g/mol. The fourth-order valence-corrected chi connectivity index (χ4v) is 1.58. The molecule has 0 spiro atoms. The van der Waals surface area contributed by atoms with E-state index in [0.29, 0.717) is 0 Å². The monoisotopic (exact) mass is 262 g/mol. The number of aliphatic hydroxyl groups is 4. The zero-order chi connectivity index (χ0) is 13.7. The Kier molecular flexibility index (Phi) is 5.28. The van der Waals surface area contributed by atoms with E-state index >= 15 is 0 Å². The minimum atomic E-state index is -1.59. The van der Waals surface area contributed by atoms with E-state index in [4.69, 9.17) is 15.4 Å². The van der Waals surface area contributed by atoms with Gasteiger partial charge >= 0.3 is 0 Å². The number of azide groups is 1. The average Bonchev–Trinajstić information content (AvgIpc) is 2.36. The molecule has 0 aromatic carbocycles. The van der Waals surface area contributed by atoms with Crippen LogP contribution >= 0.6 is 0 Å². The zero-order valence-electron chi connectivity index (χ0n) is 9.25. The van der Waals surface area contributed by atoms with Crippen LogP contribution in [0.1, 0.15) is 0 Å². The third-order valence-corrected chi connectivity index (χ3v) is 2.51. The van der Waals surface area contributed by atoms with Crippen molar-refractivity contribution in [2.45, 2.75) is 30.6 Å². The van der Waals surface area contributed by atoms with Gasteiger partial charge in [0.1, 0.15) is 30.9 Å². The van der Waals surface area contributed by atoms with Gasteiger partial charge in [-0.2, -0.15) is 0 Å². The Morgan fingerprint density at radius 2 is 2.06 bits per heavy atom. The molecule has 0 saturated carbocycles. The van der Waals surface area contributed by atoms with Gasteiger partial charge in [-0.3, -0.25) is 4.79 Å². The smallest absolute Gasteiger partial charge is 0.226 e. The van der Waals surface area contributed by atoms with Crippen LogP contribution in [0.3, 0.4) is 0 Å². The summed E-state index contributed by atoms with van der Waals surface area (Å²) in [6.45, 7) is -1.10. The summed E-state index contributed by atoms with van der Waals surface area (Å²) in [6, 6.07) is -1.27. The van der Waals surface area contributed by atoms with Crippen molar-refractivity contribution < 1.29 is 30.0 Å². The van der Waals surface area contributed by atoms with Crippen molar-refractivity contribution in [1.82, 2.24) is 5.32 Å². The number of nitrogens with one attached hydrogen (secondary N) is 1. The number of carbonyl (C=O) groups excluding carboxylic acids is 1. The van der Waals surface area contributed by atoms with Crippen molar-refractivity contribution in [2.75, 3.05) is 13.2 Å². The van der Waals surface area contributed by atoms with E-state index in [-0.39, 0.29) is 0 Å². The summed E-state index contributed by atoms with van der Waals surface area (Å²) < 4.78 is 4.81. The van der Waals surface area contributed by atoms with E-state index in [1.54, 1.807) is 0 Å². The van der Waals surface area contributed by atoms with E-state index < -0.39 is 49.7 Å². The quantitative estimate of drug-likeness (QED) is 0.208. The summed E-state index contributed by atoms with van der Waals surface area (Å²) in [4.78, 5) is 13.6. The second-order valence-corrected chi connectivity index (χ2v) is 3.71. The highest BCUT2D eigenvalue weighted by atomic mass is 16.6. The topological polar surface area (TPSA) is 168 Å². The highest BCUT2D eigenvalue weighted by Crippen LogP contribution is 2.19. The van der Waals surface area contributed by atoms with E-state index in [0.717, 1.165) is 0 Å². The van der Waals surface area contributed by atoms with Crippen molar-refractivity contribution in [1.29, 1.82) is 0 Å². The third-order valence-electron chi connectivity index (χ3n) is 2.51. The lowest BCUT2D eigenvalue weighted by Crippen LogP contribution is -2.64. The number of hydrogen-bond acceptors (Lipinski definition) is 7. The van der Waals surface area contributed by atoms with Crippen molar-refractivity contribution in [3.05, 3.63) is 10.4 Å². The summed E-state index contributed by atoms with van der Waals surface area (Å²) in [6.07, 6.45) is -5.69. The number of amides is 1. The number of aliphatic hydroxyl groups excluding tert-OH is 4. The van der Waals surface area contributed by atoms with E-state index in [9.17, 15) is 20.1 Å². The van der Waals surface area contributed by atoms with Gasteiger partial charge in [-0.25, -0.2) is 0 Å². The lowest BCUT2D eigenvalue weighted by atomic mass is 9.97. The summed E-state index contributed by atoms with van der Waals surface area (Å²) >= 11 is 0. The van der Waals surface area contributed by atoms with Crippen molar-refractivity contribution in [3.63, 3.8) is 0 Å². The molecule has 1 aliphatic heterocycles. The molecule has 1 saturated heterocycles. The van der Waals surface area contributed by atoms with Gasteiger partial charge in [-0.1, -0.05) is 5.11 Å². The first-order valence-corrected chi connectivity index (χ1v) is 5.12. The summed E-state index contributed by atoms with van der Waals surface area (Å²) in [5.41, 5.74) is 8.02. The molecule has 5 atom stereocenters. The van der Waals surface area contributed by atoms with E-state index in [2.05, 4.69) is 15.3 Å². The maximum Gasteiger partial charge on any atom is 0.226 e. The van der Waals surface area contributed by atoms with Crippen LogP contribution in [0.15, 0.2) is 5.11 Å². The van der Waals surface area contributed by atoms with Gasteiger partial charge < -0.3 is 30.5 Å². The molecule has 3 unspecified atom stereocenters. The Morgan fingerprint density at radius 3 is 2.61 bits per heavy atom. The van der Waals surface area contributed by atoms with Crippen molar-refractivity contribution in [3.8, 4) is 0 Å². The van der Waals surface area contributed by atoms with Crippen LogP contribution < -0.4 is 5.32 Å². The first-order valence-electron chi connectivity index (χ1n) is 5.12. The van der Waals surface area contributed by atoms with Crippen LogP contribution in [0.2, 0.25) is 0 Å². The Bertz CT molecular complexity index is 346. The third kappa shape index (κ3) is 3.29. The van der Waals surface area contributed by atoms with Gasteiger partial charge in [0, 0.05) is 4.91 Å². The predicted molar refractivity (Wildman–Crippen MR) is 55.9 cm³/mol. The molecule has 0 aromatic heterocycles. The maximum absolute atomic E-state index is 11.2. The summed E-state index contributed by atoms with van der Waals surface area (Å²) in [5.74, 6) is -0.742. The molecule has 1 fully saturated rings. The van der Waals surface area contributed by atoms with Crippen LogP contribution in [0.4, 0.5) is 0 Å². The van der Waals surface area contributed by atoms with Crippen molar-refractivity contribution >= 4 is 5.91 Å². The molecule has 1 rings (SSSR count).